The van der Waals surface area contributed by atoms with E-state index in [2.05, 4.69) is 30.8 Å². The monoisotopic (exact) mass is 439 g/mol. The molecule has 3 heterocycles. The van der Waals surface area contributed by atoms with E-state index < -0.39 is 11.7 Å². The Kier molecular flexibility index (Phi) is 5.38. The topological polar surface area (TPSA) is 97.2 Å². The lowest BCUT2D eigenvalue weighted by Gasteiger charge is -2.34. The first-order valence-electron chi connectivity index (χ1n) is 10.9. The van der Waals surface area contributed by atoms with Gasteiger partial charge in [-0.25, -0.2) is 4.39 Å². The maximum absolute atomic E-state index is 15.3. The normalized spacial score (nSPS) is 17.0. The van der Waals surface area contributed by atoms with Crippen LogP contribution in [-0.4, -0.2) is 58.2 Å². The Hall–Kier alpha value is -3.27. The van der Waals surface area contributed by atoms with Gasteiger partial charge in [-0.3, -0.25) is 9.48 Å². The number of carbonyl (C=O) groups excluding carboxylic acids is 1. The number of ether oxygens (including phenoxy) is 1. The second-order valence-electron chi connectivity index (χ2n) is 8.45. The number of rotatable bonds is 6. The molecule has 1 amide bonds. The summed E-state index contributed by atoms with van der Waals surface area (Å²) in [5.74, 6) is -0.885. The first-order valence-corrected chi connectivity index (χ1v) is 10.9. The fourth-order valence-corrected chi connectivity index (χ4v) is 4.34. The van der Waals surface area contributed by atoms with Crippen LogP contribution in [0.4, 0.5) is 15.8 Å². The highest BCUT2D eigenvalue weighted by Gasteiger charge is 2.29. The number of hydrogen-bond acceptors (Lipinski definition) is 7. The highest BCUT2D eigenvalue weighted by molar-refractivity contribution is 6.14. The highest BCUT2D eigenvalue weighted by Crippen LogP contribution is 2.34. The summed E-state index contributed by atoms with van der Waals surface area (Å²) in [6, 6.07) is 2.65. The van der Waals surface area contributed by atoms with E-state index >= 15 is 4.39 Å². The molecule has 0 atom stereocenters. The lowest BCUT2D eigenvalue weighted by Crippen LogP contribution is -2.43. The molecule has 0 spiro atoms. The van der Waals surface area contributed by atoms with E-state index in [1.807, 2.05) is 6.20 Å². The lowest BCUT2D eigenvalue weighted by molar-refractivity contribution is 0.102. The number of piperidine rings is 1. The molecule has 10 heteroatoms. The fourth-order valence-electron chi connectivity index (χ4n) is 4.34. The van der Waals surface area contributed by atoms with Crippen LogP contribution in [0.5, 0.6) is 5.75 Å². The number of halogens is 1. The summed E-state index contributed by atoms with van der Waals surface area (Å²) in [5, 5.41) is 19.0. The molecule has 1 aliphatic heterocycles. The molecule has 2 N–H and O–H groups in total. The zero-order chi connectivity index (χ0) is 22.2. The molecule has 0 radical (unpaired) electrons. The Morgan fingerprint density at radius 1 is 1.16 bits per heavy atom. The molecule has 2 aromatic heterocycles. The third-order valence-corrected chi connectivity index (χ3v) is 6.12. The average molecular weight is 439 g/mol. The smallest absolute Gasteiger partial charge is 0.261 e. The number of amides is 1. The molecule has 1 aromatic carbocycles. The third kappa shape index (κ3) is 3.97. The molecule has 0 unspecified atom stereocenters. The van der Waals surface area contributed by atoms with Crippen molar-refractivity contribution in [2.75, 3.05) is 30.4 Å². The van der Waals surface area contributed by atoms with Gasteiger partial charge in [-0.2, -0.15) is 15.3 Å². The van der Waals surface area contributed by atoms with E-state index in [1.54, 1.807) is 11.7 Å². The van der Waals surface area contributed by atoms with Gasteiger partial charge in [-0.15, -0.1) is 0 Å². The van der Waals surface area contributed by atoms with Gasteiger partial charge in [0.1, 0.15) is 22.6 Å². The summed E-state index contributed by atoms with van der Waals surface area (Å²) in [5.41, 5.74) is 1.31. The summed E-state index contributed by atoms with van der Waals surface area (Å²) in [4.78, 5) is 15.2. The van der Waals surface area contributed by atoms with Gasteiger partial charge in [-0.05, 0) is 31.7 Å². The van der Waals surface area contributed by atoms with Crippen molar-refractivity contribution in [3.8, 4) is 5.75 Å². The van der Waals surface area contributed by atoms with Crippen molar-refractivity contribution in [2.24, 2.45) is 7.05 Å². The van der Waals surface area contributed by atoms with Crippen molar-refractivity contribution in [1.82, 2.24) is 25.3 Å². The standard InChI is InChI=1S/C22H26FN7O2/c1-29-12-15-18(30-7-5-14(6-8-30)26-13-3-4-13)9-16(23)20(21(15)28-29)22(31)27-17-10-24-25-11-19(17)32-2/h9-14,26H,3-8H2,1-2H3,(H,25,27,31). The molecular formula is C22H26FN7O2. The van der Waals surface area contributed by atoms with E-state index in [9.17, 15) is 4.79 Å². The molecule has 32 heavy (non-hydrogen) atoms. The molecule has 1 saturated carbocycles. The number of anilines is 2. The number of benzene rings is 1. The molecule has 5 rings (SSSR count). The van der Waals surface area contributed by atoms with Crippen LogP contribution in [-0.2, 0) is 7.05 Å². The van der Waals surface area contributed by atoms with Gasteiger partial charge < -0.3 is 20.3 Å². The maximum atomic E-state index is 15.3. The van der Waals surface area contributed by atoms with Crippen LogP contribution in [0, 0.1) is 5.82 Å². The zero-order valence-electron chi connectivity index (χ0n) is 18.1. The number of carbonyl (C=O) groups is 1. The number of fused-ring (bicyclic) bond motifs is 1. The van der Waals surface area contributed by atoms with Gasteiger partial charge in [0.15, 0.2) is 5.75 Å². The predicted octanol–water partition coefficient (Wildman–Crippen LogP) is 2.48. The molecule has 0 bridgehead atoms. The first kappa shape index (κ1) is 20.6. The molecule has 3 aromatic rings. The number of aromatic nitrogens is 4. The van der Waals surface area contributed by atoms with E-state index in [1.165, 1.54) is 38.4 Å². The van der Waals surface area contributed by atoms with Gasteiger partial charge in [0, 0.05) is 43.8 Å². The zero-order valence-corrected chi connectivity index (χ0v) is 18.1. The van der Waals surface area contributed by atoms with Gasteiger partial charge >= 0.3 is 0 Å². The Morgan fingerprint density at radius 3 is 2.59 bits per heavy atom. The second kappa shape index (κ2) is 8.34. The number of hydrogen-bond donors (Lipinski definition) is 2. The summed E-state index contributed by atoms with van der Waals surface area (Å²) < 4.78 is 22.1. The van der Waals surface area contributed by atoms with Crippen molar-refractivity contribution >= 4 is 28.2 Å². The van der Waals surface area contributed by atoms with Crippen LogP contribution in [0.2, 0.25) is 0 Å². The van der Waals surface area contributed by atoms with Crippen molar-refractivity contribution in [1.29, 1.82) is 0 Å². The van der Waals surface area contributed by atoms with Crippen LogP contribution < -0.4 is 20.3 Å². The van der Waals surface area contributed by atoms with Crippen molar-refractivity contribution in [3.05, 3.63) is 36.0 Å². The van der Waals surface area contributed by atoms with Crippen molar-refractivity contribution in [3.63, 3.8) is 0 Å². The van der Waals surface area contributed by atoms with Crippen molar-refractivity contribution in [2.45, 2.75) is 37.8 Å². The van der Waals surface area contributed by atoms with Crippen LogP contribution in [0.3, 0.4) is 0 Å². The molecule has 1 saturated heterocycles. The minimum Gasteiger partial charge on any atom is -0.493 e. The number of nitrogens with one attached hydrogen (secondary N) is 2. The molecule has 168 valence electrons. The highest BCUT2D eigenvalue weighted by atomic mass is 19.1. The number of nitrogens with zero attached hydrogens (tertiary/aromatic N) is 5. The quantitative estimate of drug-likeness (QED) is 0.609. The largest absolute Gasteiger partial charge is 0.493 e. The fraction of sp³-hybridized carbons (Fsp3) is 0.455. The number of methoxy groups -OCH3 is 1. The first-order chi connectivity index (χ1) is 15.5. The summed E-state index contributed by atoms with van der Waals surface area (Å²) in [7, 11) is 3.23. The van der Waals surface area contributed by atoms with Crippen LogP contribution in [0.25, 0.3) is 10.9 Å². The molecule has 2 aliphatic rings. The second-order valence-corrected chi connectivity index (χ2v) is 8.45. The molecule has 1 aliphatic carbocycles. The minimum atomic E-state index is -0.614. The van der Waals surface area contributed by atoms with Gasteiger partial charge in [-0.1, -0.05) is 0 Å². The van der Waals surface area contributed by atoms with Gasteiger partial charge in [0.05, 0.1) is 25.2 Å². The lowest BCUT2D eigenvalue weighted by atomic mass is 10.0. The van der Waals surface area contributed by atoms with Gasteiger partial charge in [0.25, 0.3) is 5.91 Å². The summed E-state index contributed by atoms with van der Waals surface area (Å²) in [6.45, 7) is 1.67. The average Bonchev–Trinajstić information content (AvgIpc) is 3.52. The Bertz CT molecular complexity index is 1150. The van der Waals surface area contributed by atoms with Gasteiger partial charge in [0.2, 0.25) is 0 Å². The maximum Gasteiger partial charge on any atom is 0.261 e. The van der Waals surface area contributed by atoms with Crippen LogP contribution >= 0.6 is 0 Å². The summed E-state index contributed by atoms with van der Waals surface area (Å²) in [6.07, 6.45) is 9.14. The molecule has 2 fully saturated rings. The van der Waals surface area contributed by atoms with Crippen LogP contribution in [0.1, 0.15) is 36.0 Å². The Balaban J connectivity index is 1.44. The van der Waals surface area contributed by atoms with E-state index in [0.717, 1.165) is 37.0 Å². The predicted molar refractivity (Wildman–Crippen MR) is 119 cm³/mol. The van der Waals surface area contributed by atoms with E-state index in [0.29, 0.717) is 29.0 Å². The van der Waals surface area contributed by atoms with E-state index in [-0.39, 0.29) is 5.56 Å². The summed E-state index contributed by atoms with van der Waals surface area (Å²) >= 11 is 0. The van der Waals surface area contributed by atoms with E-state index in [4.69, 9.17) is 4.74 Å². The molecular weight excluding hydrogens is 413 g/mol. The Morgan fingerprint density at radius 2 is 1.88 bits per heavy atom. The van der Waals surface area contributed by atoms with Crippen molar-refractivity contribution < 1.29 is 13.9 Å². The SMILES string of the molecule is COc1cnncc1NC(=O)c1c(F)cc(N2CCC(NC3CC3)CC2)c2cn(C)nc12. The molecule has 9 nitrogen and oxygen atoms in total. The third-order valence-electron chi connectivity index (χ3n) is 6.12. The Labute approximate surface area is 184 Å². The van der Waals surface area contributed by atoms with Crippen LogP contribution in [0.15, 0.2) is 24.7 Å². The number of aryl methyl sites for hydroxylation is 1. The minimum absolute atomic E-state index is 0.103.